The van der Waals surface area contributed by atoms with Gasteiger partial charge in [-0.3, -0.25) is 38.7 Å². The van der Waals surface area contributed by atoms with E-state index in [0.29, 0.717) is 194 Å². The topological polar surface area (TPSA) is 300 Å². The fraction of sp³-hybridized carbons (Fsp3) is 0.621. The van der Waals surface area contributed by atoms with Crippen molar-refractivity contribution in [3.8, 4) is 0 Å². The van der Waals surface area contributed by atoms with E-state index in [-0.39, 0.29) is 69.2 Å². The van der Waals surface area contributed by atoms with Gasteiger partial charge < -0.3 is 78.6 Å². The molecule has 1 saturated carbocycles. The molecule has 0 bridgehead atoms. The number of amidine groups is 1. The maximum atomic E-state index is 13.9. The van der Waals surface area contributed by atoms with E-state index in [0.717, 1.165) is 33.7 Å². The zero-order valence-electron chi connectivity index (χ0n) is 48.0. The zero-order valence-corrected chi connectivity index (χ0v) is 48.0. The van der Waals surface area contributed by atoms with Crippen LogP contribution in [0.3, 0.4) is 0 Å². The van der Waals surface area contributed by atoms with E-state index >= 15 is 0 Å². The Hall–Kier alpha value is -6.10. The highest BCUT2D eigenvalue weighted by Gasteiger charge is 2.51. The first-order valence-electron chi connectivity index (χ1n) is 28.7. The Morgan fingerprint density at radius 3 is 1.78 bits per heavy atom. The molecule has 0 saturated heterocycles. The number of imide groups is 1. The van der Waals surface area contributed by atoms with Crippen LogP contribution >= 0.6 is 0 Å². The molecular formula is C58H84N8O17. The summed E-state index contributed by atoms with van der Waals surface area (Å²) in [6.07, 6.45) is 8.99. The minimum Gasteiger partial charge on any atom is -0.395 e. The van der Waals surface area contributed by atoms with Crippen molar-refractivity contribution < 1.29 is 81.2 Å². The van der Waals surface area contributed by atoms with Crippen molar-refractivity contribution >= 4 is 58.7 Å². The summed E-state index contributed by atoms with van der Waals surface area (Å²) in [5, 5.41) is 15.3. The van der Waals surface area contributed by atoms with Crippen LogP contribution in [0, 0.1) is 0 Å². The van der Waals surface area contributed by atoms with E-state index in [1.165, 1.54) is 12.2 Å². The highest BCUT2D eigenvalue weighted by atomic mass is 16.6. The third kappa shape index (κ3) is 23.1. The number of nitrogens with one attached hydrogen (secondary N) is 2. The molecule has 25 nitrogen and oxygen atoms in total. The van der Waals surface area contributed by atoms with Crippen LogP contribution in [0.25, 0.3) is 6.08 Å². The Morgan fingerprint density at radius 1 is 0.711 bits per heavy atom. The summed E-state index contributed by atoms with van der Waals surface area (Å²) in [6, 6.07) is 7.58. The van der Waals surface area contributed by atoms with Gasteiger partial charge >= 0.3 is 0 Å². The minimum absolute atomic E-state index is 0.0228. The quantitative estimate of drug-likeness (QED) is 0.0541. The number of amides is 6. The molecule has 4 heterocycles. The summed E-state index contributed by atoms with van der Waals surface area (Å²) in [5.41, 5.74) is 10.6. The lowest BCUT2D eigenvalue weighted by molar-refractivity contribution is -0.137. The number of aliphatic hydroxyl groups is 1. The Morgan fingerprint density at radius 2 is 1.25 bits per heavy atom. The number of ether oxygens (including phenoxy) is 10. The monoisotopic (exact) mass is 1160 g/mol. The number of nitrogens with two attached hydrogens (primary N) is 1. The number of fused-ring (bicyclic) bond motifs is 2. The average Bonchev–Trinajstić information content (AvgIpc) is 4.33. The van der Waals surface area contributed by atoms with Crippen LogP contribution in [0.5, 0.6) is 0 Å². The highest BCUT2D eigenvalue weighted by molar-refractivity contribution is 6.13. The largest absolute Gasteiger partial charge is 0.395 e. The standard InChI is InChI=1S/C58H84N8O17/c1-2-13-64(16-17-67)56(72)45-38-44-3-4-47(41-50(44)63-51(59)40-45)58(10-11-58)57(73)62-48-39-46-43-65(14-7-49(46)61-42-48)53(69)9-18-74-20-22-76-24-26-78-28-30-80-32-34-82-36-37-83-35-33-81-31-29-79-27-25-77-23-21-75-19-12-60-52(68)8-15-66-54(70)5-6-55(66)71/h3-6,38-39,41-42,67H,2,7-37,40,43H2,1H3,(H2,59,63)(H,60,68)(H,62,73). The fourth-order valence-electron chi connectivity index (χ4n) is 9.08. The van der Waals surface area contributed by atoms with Gasteiger partial charge in [-0.1, -0.05) is 19.1 Å². The number of hydrogen-bond acceptors (Lipinski definition) is 20. The van der Waals surface area contributed by atoms with Crippen molar-refractivity contribution in [3.63, 3.8) is 0 Å². The van der Waals surface area contributed by atoms with Gasteiger partial charge in [0, 0.05) is 87.5 Å². The molecule has 458 valence electrons. The van der Waals surface area contributed by atoms with E-state index < -0.39 is 17.2 Å². The normalized spacial score (nSPS) is 15.2. The molecule has 0 spiro atoms. The lowest BCUT2D eigenvalue weighted by Gasteiger charge is -2.29. The van der Waals surface area contributed by atoms with Gasteiger partial charge in [0.25, 0.3) is 11.8 Å². The van der Waals surface area contributed by atoms with Gasteiger partial charge in [0.2, 0.25) is 23.6 Å². The first-order chi connectivity index (χ1) is 40.5. The van der Waals surface area contributed by atoms with Crippen LogP contribution in [0.1, 0.15) is 67.8 Å². The molecule has 1 fully saturated rings. The van der Waals surface area contributed by atoms with Crippen LogP contribution < -0.4 is 16.4 Å². The number of pyridine rings is 1. The minimum atomic E-state index is -0.742. The second kappa shape index (κ2) is 37.3. The molecule has 6 amide bonds. The number of carbonyl (C=O) groups is 6. The lowest BCUT2D eigenvalue weighted by atomic mass is 9.92. The van der Waals surface area contributed by atoms with Gasteiger partial charge in [-0.15, -0.1) is 0 Å². The van der Waals surface area contributed by atoms with Crippen molar-refractivity contribution in [1.82, 2.24) is 25.0 Å². The predicted octanol–water partition coefficient (Wildman–Crippen LogP) is 1.63. The number of rotatable bonds is 44. The molecule has 83 heavy (non-hydrogen) atoms. The van der Waals surface area contributed by atoms with Gasteiger partial charge in [0.15, 0.2) is 0 Å². The maximum absolute atomic E-state index is 13.9. The Kier molecular flexibility index (Phi) is 29.6. The van der Waals surface area contributed by atoms with Gasteiger partial charge in [-0.2, -0.15) is 0 Å². The van der Waals surface area contributed by atoms with Crippen molar-refractivity contribution in [2.24, 2.45) is 10.7 Å². The Labute approximate surface area is 485 Å². The molecule has 4 aliphatic rings. The smallest absolute Gasteiger partial charge is 0.253 e. The second-order valence-electron chi connectivity index (χ2n) is 19.8. The summed E-state index contributed by atoms with van der Waals surface area (Å²) in [4.78, 5) is 89.0. The van der Waals surface area contributed by atoms with E-state index in [1.807, 2.05) is 31.2 Å². The van der Waals surface area contributed by atoms with Gasteiger partial charge in [0.1, 0.15) is 5.84 Å². The van der Waals surface area contributed by atoms with Crippen molar-refractivity contribution in [2.45, 2.75) is 63.8 Å². The number of anilines is 1. The maximum Gasteiger partial charge on any atom is 0.253 e. The number of benzene rings is 1. The lowest BCUT2D eigenvalue weighted by Crippen LogP contribution is -2.37. The molecule has 0 radical (unpaired) electrons. The summed E-state index contributed by atoms with van der Waals surface area (Å²) in [5.74, 6) is -1.13. The fourth-order valence-corrected chi connectivity index (χ4v) is 9.08. The Bertz CT molecular complexity index is 2470. The number of carbonyl (C=O) groups excluding carboxylic acids is 6. The first kappa shape index (κ1) is 66.0. The van der Waals surface area contributed by atoms with Gasteiger partial charge in [-0.25, -0.2) is 4.99 Å². The molecule has 0 atom stereocenters. The predicted molar refractivity (Wildman–Crippen MR) is 303 cm³/mol. The summed E-state index contributed by atoms with van der Waals surface area (Å²) in [7, 11) is 0. The van der Waals surface area contributed by atoms with Gasteiger partial charge in [-0.05, 0) is 48.6 Å². The van der Waals surface area contributed by atoms with Crippen LogP contribution in [-0.2, 0) is 94.5 Å². The molecular weight excluding hydrogens is 1080 g/mol. The molecule has 1 aromatic heterocycles. The number of aromatic nitrogens is 1. The SMILES string of the molecule is CCCN(CCO)C(=O)C1=Cc2ccc(C3(C(=O)Nc4cnc5c(c4)CN(C(=O)CCOCCOCCOCCOCCOCCOCCOCCOCCOCCOCCNC(=O)CCN4C(=O)C=CC4=O)CC5)CC3)cc2N=C(N)C1. The molecule has 6 rings (SSSR count). The number of aliphatic imine (C=N–C) groups is 1. The zero-order chi connectivity index (χ0) is 58.9. The number of nitrogens with zero attached hydrogens (tertiary/aromatic N) is 5. The third-order valence-corrected chi connectivity index (χ3v) is 13.6. The van der Waals surface area contributed by atoms with E-state index in [1.54, 1.807) is 22.1 Å². The van der Waals surface area contributed by atoms with E-state index in [4.69, 9.17) is 53.1 Å². The van der Waals surface area contributed by atoms with Gasteiger partial charge in [0.05, 0.1) is 168 Å². The Balaban J connectivity index is 0.684. The van der Waals surface area contributed by atoms with Crippen LogP contribution in [0.15, 0.2) is 53.2 Å². The van der Waals surface area contributed by atoms with Crippen molar-refractivity contribution in [3.05, 3.63) is 70.6 Å². The van der Waals surface area contributed by atoms with Crippen LogP contribution in [-0.4, -0.2) is 238 Å². The molecule has 1 aliphatic carbocycles. The number of hydrogen-bond donors (Lipinski definition) is 4. The molecule has 1 aromatic carbocycles. The van der Waals surface area contributed by atoms with Crippen molar-refractivity contribution in [1.29, 1.82) is 0 Å². The second-order valence-corrected chi connectivity index (χ2v) is 19.8. The third-order valence-electron chi connectivity index (χ3n) is 13.6. The molecule has 2 aromatic rings. The molecule has 5 N–H and O–H groups in total. The summed E-state index contributed by atoms with van der Waals surface area (Å²) < 4.78 is 55.3. The molecule has 25 heteroatoms. The first-order valence-corrected chi connectivity index (χ1v) is 28.7. The van der Waals surface area contributed by atoms with Crippen LogP contribution in [0.2, 0.25) is 0 Å². The highest BCUT2D eigenvalue weighted by Crippen LogP contribution is 2.50. The molecule has 3 aliphatic heterocycles. The van der Waals surface area contributed by atoms with E-state index in [9.17, 15) is 33.9 Å². The summed E-state index contributed by atoms with van der Waals surface area (Å²) >= 11 is 0. The van der Waals surface area contributed by atoms with E-state index in [2.05, 4.69) is 20.6 Å². The van der Waals surface area contributed by atoms with Crippen molar-refractivity contribution in [2.75, 3.05) is 177 Å². The molecule has 0 unspecified atom stereocenters. The average molecular weight is 1170 g/mol. The summed E-state index contributed by atoms with van der Waals surface area (Å²) in [6.45, 7) is 12.0. The van der Waals surface area contributed by atoms with Crippen LogP contribution in [0.4, 0.5) is 11.4 Å². The number of aliphatic hydroxyl groups excluding tert-OH is 1.